The van der Waals surface area contributed by atoms with Gasteiger partial charge in [-0.3, -0.25) is 4.99 Å². The first-order valence-corrected chi connectivity index (χ1v) is 3.99. The molecule has 66 valence electrons. The predicted molar refractivity (Wildman–Crippen MR) is 56.5 cm³/mol. The van der Waals surface area contributed by atoms with Crippen molar-refractivity contribution < 1.29 is 0 Å². The number of hydrogen-bond donors (Lipinski definition) is 0. The monoisotopic (exact) mass is 163 g/mol. The highest BCUT2D eigenvalue weighted by molar-refractivity contribution is 6.02. The van der Waals surface area contributed by atoms with Gasteiger partial charge in [-0.05, 0) is 38.8 Å². The van der Waals surface area contributed by atoms with E-state index in [2.05, 4.69) is 32.0 Å². The van der Waals surface area contributed by atoms with Crippen LogP contribution in [0.25, 0.3) is 0 Å². The van der Waals surface area contributed by atoms with Crippen molar-refractivity contribution >= 4 is 5.71 Å². The lowest BCUT2D eigenvalue weighted by Gasteiger charge is -2.07. The molecule has 0 aromatic rings. The summed E-state index contributed by atoms with van der Waals surface area (Å²) in [6.07, 6.45) is 1.56. The number of hydrogen-bond acceptors (Lipinski definition) is 1. The summed E-state index contributed by atoms with van der Waals surface area (Å²) >= 11 is 0. The Balaban J connectivity index is 5.04. The van der Waals surface area contributed by atoms with Crippen molar-refractivity contribution in [1.82, 2.24) is 0 Å². The Kier molecular flexibility index (Phi) is 4.27. The molecule has 0 aromatic heterocycles. The van der Waals surface area contributed by atoms with Crippen LogP contribution >= 0.6 is 0 Å². The minimum atomic E-state index is 0.984. The van der Waals surface area contributed by atoms with Crippen LogP contribution in [0.5, 0.6) is 0 Å². The lowest BCUT2D eigenvalue weighted by Crippen LogP contribution is -2.00. The second-order valence-corrected chi connectivity index (χ2v) is 3.05. The summed E-state index contributed by atoms with van der Waals surface area (Å²) in [7, 11) is 0. The topological polar surface area (TPSA) is 12.4 Å². The Hall–Kier alpha value is -1.11. The van der Waals surface area contributed by atoms with E-state index in [0.717, 1.165) is 16.9 Å². The van der Waals surface area contributed by atoms with Gasteiger partial charge in [-0.25, -0.2) is 0 Å². The van der Waals surface area contributed by atoms with E-state index in [-0.39, 0.29) is 0 Å². The maximum Gasteiger partial charge on any atom is 0.0446 e. The Morgan fingerprint density at radius 3 is 1.92 bits per heavy atom. The van der Waals surface area contributed by atoms with E-state index in [1.54, 1.807) is 6.20 Å². The first kappa shape index (κ1) is 10.9. The Morgan fingerprint density at radius 1 is 1.17 bits per heavy atom. The Labute approximate surface area is 75.2 Å². The Morgan fingerprint density at radius 2 is 1.67 bits per heavy atom. The fourth-order valence-electron chi connectivity index (χ4n) is 1.30. The molecule has 0 rings (SSSR count). The van der Waals surface area contributed by atoms with Crippen LogP contribution < -0.4 is 0 Å². The number of rotatable bonds is 3. The van der Waals surface area contributed by atoms with Crippen LogP contribution in [0.15, 0.2) is 41.1 Å². The summed E-state index contributed by atoms with van der Waals surface area (Å²) in [5, 5.41) is 0. The second kappa shape index (κ2) is 4.70. The average molecular weight is 163 g/mol. The van der Waals surface area contributed by atoms with Crippen LogP contribution in [0.1, 0.15) is 27.7 Å². The van der Waals surface area contributed by atoms with Crippen LogP contribution in [-0.4, -0.2) is 5.71 Å². The molecule has 0 aliphatic heterocycles. The van der Waals surface area contributed by atoms with E-state index < -0.39 is 0 Å². The van der Waals surface area contributed by atoms with Crippen molar-refractivity contribution in [2.75, 3.05) is 0 Å². The lowest BCUT2D eigenvalue weighted by atomic mass is 10.0. The standard InChI is InChI=1S/C11H17N/c1-7-12-10(6)11(8(2)3)9(4)5/h7H,1-2H2,3-6H3/b12-10-. The second-order valence-electron chi connectivity index (χ2n) is 3.05. The average Bonchev–Trinajstić information content (AvgIpc) is 1.85. The quantitative estimate of drug-likeness (QED) is 0.446. The summed E-state index contributed by atoms with van der Waals surface area (Å²) in [5.74, 6) is 0. The molecular formula is C11H17N. The molecular weight excluding hydrogens is 146 g/mol. The molecule has 0 atom stereocenters. The van der Waals surface area contributed by atoms with Gasteiger partial charge in [0.15, 0.2) is 0 Å². The van der Waals surface area contributed by atoms with Crippen molar-refractivity contribution in [3.63, 3.8) is 0 Å². The van der Waals surface area contributed by atoms with Gasteiger partial charge >= 0.3 is 0 Å². The summed E-state index contributed by atoms with van der Waals surface area (Å²) in [4.78, 5) is 4.13. The number of nitrogens with zero attached hydrogens (tertiary/aromatic N) is 1. The molecule has 0 fully saturated rings. The molecule has 1 heteroatoms. The van der Waals surface area contributed by atoms with Gasteiger partial charge in [-0.15, -0.1) is 0 Å². The van der Waals surface area contributed by atoms with E-state index in [0.29, 0.717) is 0 Å². The number of allylic oxidation sites excluding steroid dienone is 3. The third kappa shape index (κ3) is 2.87. The third-order valence-electron chi connectivity index (χ3n) is 1.57. The molecule has 0 bridgehead atoms. The fourth-order valence-corrected chi connectivity index (χ4v) is 1.30. The van der Waals surface area contributed by atoms with Gasteiger partial charge in [0.25, 0.3) is 0 Å². The molecule has 0 unspecified atom stereocenters. The highest BCUT2D eigenvalue weighted by Crippen LogP contribution is 2.14. The predicted octanol–water partition coefficient (Wildman–Crippen LogP) is 3.50. The number of aliphatic imine (C=N–C) groups is 1. The van der Waals surface area contributed by atoms with Gasteiger partial charge in [0.1, 0.15) is 0 Å². The lowest BCUT2D eigenvalue weighted by molar-refractivity contribution is 1.30. The van der Waals surface area contributed by atoms with Crippen LogP contribution in [0, 0.1) is 0 Å². The molecule has 12 heavy (non-hydrogen) atoms. The Bertz CT molecular complexity index is 250. The zero-order valence-electron chi connectivity index (χ0n) is 8.44. The van der Waals surface area contributed by atoms with E-state index in [9.17, 15) is 0 Å². The smallest absolute Gasteiger partial charge is 0.0446 e. The molecule has 0 aromatic carbocycles. The van der Waals surface area contributed by atoms with E-state index in [1.807, 2.05) is 13.8 Å². The van der Waals surface area contributed by atoms with Gasteiger partial charge in [0.05, 0.1) is 0 Å². The van der Waals surface area contributed by atoms with Crippen molar-refractivity contribution in [3.8, 4) is 0 Å². The molecule has 0 radical (unpaired) electrons. The minimum Gasteiger partial charge on any atom is -0.262 e. The van der Waals surface area contributed by atoms with Crippen molar-refractivity contribution in [1.29, 1.82) is 0 Å². The van der Waals surface area contributed by atoms with Crippen molar-refractivity contribution in [2.24, 2.45) is 4.99 Å². The fraction of sp³-hybridized carbons (Fsp3) is 0.364. The van der Waals surface area contributed by atoms with E-state index >= 15 is 0 Å². The van der Waals surface area contributed by atoms with Gasteiger partial charge < -0.3 is 0 Å². The summed E-state index contributed by atoms with van der Waals surface area (Å²) in [6.45, 7) is 15.6. The summed E-state index contributed by atoms with van der Waals surface area (Å²) < 4.78 is 0. The van der Waals surface area contributed by atoms with Crippen LogP contribution in [0.2, 0.25) is 0 Å². The van der Waals surface area contributed by atoms with E-state index in [1.165, 1.54) is 5.57 Å². The maximum absolute atomic E-state index is 4.13. The first-order chi connectivity index (χ1) is 5.50. The van der Waals surface area contributed by atoms with Crippen molar-refractivity contribution in [3.05, 3.63) is 36.1 Å². The zero-order valence-corrected chi connectivity index (χ0v) is 8.44. The normalized spacial score (nSPS) is 10.8. The molecule has 0 heterocycles. The minimum absolute atomic E-state index is 0.984. The highest BCUT2D eigenvalue weighted by atomic mass is 14.7. The van der Waals surface area contributed by atoms with Crippen LogP contribution in [0.4, 0.5) is 0 Å². The van der Waals surface area contributed by atoms with Gasteiger partial charge in [0, 0.05) is 11.9 Å². The molecule has 0 aliphatic rings. The molecule has 0 spiro atoms. The highest BCUT2D eigenvalue weighted by Gasteiger charge is 2.03. The molecule has 0 N–H and O–H groups in total. The molecule has 0 aliphatic carbocycles. The maximum atomic E-state index is 4.13. The summed E-state index contributed by atoms with van der Waals surface area (Å²) in [5.41, 5.74) is 4.43. The van der Waals surface area contributed by atoms with Gasteiger partial charge in [-0.2, -0.15) is 0 Å². The molecule has 0 saturated heterocycles. The first-order valence-electron chi connectivity index (χ1n) is 3.99. The van der Waals surface area contributed by atoms with E-state index in [4.69, 9.17) is 0 Å². The third-order valence-corrected chi connectivity index (χ3v) is 1.57. The molecule has 0 amide bonds. The molecule has 1 nitrogen and oxygen atoms in total. The largest absolute Gasteiger partial charge is 0.262 e. The van der Waals surface area contributed by atoms with Gasteiger partial charge in [0.2, 0.25) is 0 Å². The SMILES string of the molecule is C=C/N=C(/C)C(C(=C)C)=C(C)C. The van der Waals surface area contributed by atoms with Gasteiger partial charge in [-0.1, -0.05) is 18.7 Å². The summed E-state index contributed by atoms with van der Waals surface area (Å²) in [6, 6.07) is 0. The van der Waals surface area contributed by atoms with Crippen LogP contribution in [-0.2, 0) is 0 Å². The van der Waals surface area contributed by atoms with Crippen molar-refractivity contribution in [2.45, 2.75) is 27.7 Å². The molecule has 0 saturated carbocycles. The zero-order chi connectivity index (χ0) is 9.72. The van der Waals surface area contributed by atoms with Crippen LogP contribution in [0.3, 0.4) is 0 Å².